The van der Waals surface area contributed by atoms with E-state index in [1.807, 2.05) is 6.07 Å². The summed E-state index contributed by atoms with van der Waals surface area (Å²) in [5.41, 5.74) is 2.19. The minimum Gasteiger partial charge on any atom is -0.306 e. The van der Waals surface area contributed by atoms with Gasteiger partial charge in [0.2, 0.25) is 9.84 Å². The van der Waals surface area contributed by atoms with E-state index in [9.17, 15) is 17.2 Å². The average Bonchev–Trinajstić information content (AvgIpc) is 2.64. The molecule has 2 aromatic rings. The molecule has 0 bridgehead atoms. The maximum absolute atomic E-state index is 13.5. The lowest BCUT2D eigenvalue weighted by atomic mass is 9.88. The molecule has 1 heterocycles. The molecular weight excluding hydrogens is 380 g/mol. The topological polar surface area (TPSA) is 37.4 Å². The first-order valence-electron chi connectivity index (χ1n) is 9.81. The Balaban J connectivity index is 1.91. The molecule has 0 unspecified atom stereocenters. The van der Waals surface area contributed by atoms with Gasteiger partial charge in [-0.1, -0.05) is 19.4 Å². The largest absolute Gasteiger partial charge is 0.306 e. The Morgan fingerprint density at radius 2 is 1.61 bits per heavy atom. The van der Waals surface area contributed by atoms with E-state index >= 15 is 0 Å². The van der Waals surface area contributed by atoms with Crippen LogP contribution in [0.25, 0.3) is 0 Å². The molecule has 28 heavy (non-hydrogen) atoms. The summed E-state index contributed by atoms with van der Waals surface area (Å²) in [5.74, 6) is -1.19. The highest BCUT2D eigenvalue weighted by molar-refractivity contribution is 7.91. The van der Waals surface area contributed by atoms with E-state index in [1.54, 1.807) is 12.1 Å². The Bertz CT molecular complexity index is 915. The van der Waals surface area contributed by atoms with Gasteiger partial charge in [0.25, 0.3) is 0 Å². The molecule has 2 aromatic carbocycles. The molecule has 0 N–H and O–H groups in total. The van der Waals surface area contributed by atoms with Crippen LogP contribution >= 0.6 is 0 Å². The molecule has 1 saturated heterocycles. The van der Waals surface area contributed by atoms with E-state index in [-0.39, 0.29) is 9.79 Å². The molecule has 0 spiro atoms. The van der Waals surface area contributed by atoms with Crippen LogP contribution in [0.5, 0.6) is 0 Å². The van der Waals surface area contributed by atoms with E-state index in [2.05, 4.69) is 18.9 Å². The lowest BCUT2D eigenvalue weighted by Gasteiger charge is -2.29. The van der Waals surface area contributed by atoms with Crippen molar-refractivity contribution >= 4 is 9.84 Å². The van der Waals surface area contributed by atoms with Crippen molar-refractivity contribution in [3.63, 3.8) is 0 Å². The molecule has 3 nitrogen and oxygen atoms in total. The minimum absolute atomic E-state index is 0.0908. The Morgan fingerprint density at radius 1 is 0.964 bits per heavy atom. The number of hydrogen-bond donors (Lipinski definition) is 0. The van der Waals surface area contributed by atoms with Gasteiger partial charge in [-0.3, -0.25) is 0 Å². The molecule has 0 radical (unpaired) electrons. The van der Waals surface area contributed by atoms with E-state index in [4.69, 9.17) is 0 Å². The molecule has 0 aromatic heterocycles. The number of benzene rings is 2. The number of nitrogens with zero attached hydrogens (tertiary/aromatic N) is 1. The van der Waals surface area contributed by atoms with Crippen LogP contribution in [-0.4, -0.2) is 33.5 Å². The normalized spacial score (nSPS) is 16.4. The van der Waals surface area contributed by atoms with Crippen molar-refractivity contribution < 1.29 is 17.2 Å². The molecule has 152 valence electrons. The van der Waals surface area contributed by atoms with Gasteiger partial charge >= 0.3 is 0 Å². The van der Waals surface area contributed by atoms with Gasteiger partial charge in [-0.05, 0) is 87.1 Å². The maximum atomic E-state index is 13.5. The van der Waals surface area contributed by atoms with Crippen LogP contribution in [0.1, 0.15) is 37.3 Å². The summed E-state index contributed by atoms with van der Waals surface area (Å²) in [4.78, 5) is 2.07. The fourth-order valence-electron chi connectivity index (χ4n) is 3.87. The van der Waals surface area contributed by atoms with Crippen molar-refractivity contribution in [3.8, 4) is 0 Å². The molecule has 1 aliphatic heterocycles. The van der Waals surface area contributed by atoms with Crippen molar-refractivity contribution in [1.29, 1.82) is 0 Å². The summed E-state index contributed by atoms with van der Waals surface area (Å²) in [6, 6.07) is 7.54. The standard InChI is InChI=1S/C22H27F2NO2S/c1-3-4-17-12-21(28(26,27)22-14-19(23)13-20(24)15-22)6-5-18(17)11-16-7-9-25(2)10-8-16/h5-6,12-16H,3-4,7-11H2,1-2H3. The van der Waals surface area contributed by atoms with E-state index in [0.29, 0.717) is 12.0 Å². The van der Waals surface area contributed by atoms with Crippen LogP contribution in [0.2, 0.25) is 0 Å². The quantitative estimate of drug-likeness (QED) is 0.700. The SMILES string of the molecule is CCCc1cc(S(=O)(=O)c2cc(F)cc(F)c2)ccc1CC1CCN(C)CC1. The van der Waals surface area contributed by atoms with Crippen LogP contribution in [0.3, 0.4) is 0 Å². The second-order valence-corrected chi connectivity index (χ2v) is 9.69. The highest BCUT2D eigenvalue weighted by Gasteiger charge is 2.22. The summed E-state index contributed by atoms with van der Waals surface area (Å²) in [6.07, 6.45) is 4.91. The van der Waals surface area contributed by atoms with Crippen LogP contribution in [0, 0.1) is 17.6 Å². The van der Waals surface area contributed by atoms with Crippen molar-refractivity contribution in [2.24, 2.45) is 5.92 Å². The third kappa shape index (κ3) is 4.78. The first kappa shape index (κ1) is 20.9. The second kappa shape index (κ2) is 8.70. The van der Waals surface area contributed by atoms with E-state index in [1.165, 1.54) is 5.56 Å². The summed E-state index contributed by atoms with van der Waals surface area (Å²) >= 11 is 0. The third-order valence-electron chi connectivity index (χ3n) is 5.50. The molecule has 0 aliphatic carbocycles. The van der Waals surface area contributed by atoms with Gasteiger partial charge in [0.1, 0.15) is 11.6 Å². The van der Waals surface area contributed by atoms with Crippen LogP contribution in [-0.2, 0) is 22.7 Å². The number of hydrogen-bond acceptors (Lipinski definition) is 3. The highest BCUT2D eigenvalue weighted by Crippen LogP contribution is 2.28. The molecular formula is C22H27F2NO2S. The third-order valence-corrected chi connectivity index (χ3v) is 7.23. The highest BCUT2D eigenvalue weighted by atomic mass is 32.2. The Hall–Kier alpha value is -1.79. The first-order valence-corrected chi connectivity index (χ1v) is 11.3. The zero-order valence-electron chi connectivity index (χ0n) is 16.4. The minimum atomic E-state index is -3.97. The number of rotatable bonds is 6. The van der Waals surface area contributed by atoms with Crippen molar-refractivity contribution in [2.75, 3.05) is 20.1 Å². The number of piperidine rings is 1. The van der Waals surface area contributed by atoms with Gasteiger partial charge < -0.3 is 4.90 Å². The summed E-state index contributed by atoms with van der Waals surface area (Å²) in [6.45, 7) is 4.24. The van der Waals surface area contributed by atoms with Gasteiger partial charge in [-0.25, -0.2) is 17.2 Å². The zero-order chi connectivity index (χ0) is 20.3. The van der Waals surface area contributed by atoms with Gasteiger partial charge in [0, 0.05) is 6.07 Å². The predicted molar refractivity (Wildman–Crippen MR) is 106 cm³/mol. The summed E-state index contributed by atoms with van der Waals surface area (Å²) in [7, 11) is -1.84. The summed E-state index contributed by atoms with van der Waals surface area (Å²) in [5, 5.41) is 0. The Kier molecular flexibility index (Phi) is 6.50. The van der Waals surface area contributed by atoms with Crippen LogP contribution < -0.4 is 0 Å². The molecule has 3 rings (SSSR count). The van der Waals surface area contributed by atoms with Crippen molar-refractivity contribution in [2.45, 2.75) is 48.8 Å². The Labute approximate surface area is 166 Å². The molecule has 6 heteroatoms. The monoisotopic (exact) mass is 407 g/mol. The summed E-state index contributed by atoms with van der Waals surface area (Å²) < 4.78 is 52.8. The second-order valence-electron chi connectivity index (χ2n) is 7.74. The van der Waals surface area contributed by atoms with Crippen molar-refractivity contribution in [3.05, 3.63) is 59.2 Å². The lowest BCUT2D eigenvalue weighted by Crippen LogP contribution is -2.31. The number of sulfone groups is 1. The van der Waals surface area contributed by atoms with Crippen LogP contribution in [0.4, 0.5) is 8.78 Å². The smallest absolute Gasteiger partial charge is 0.206 e. The van der Waals surface area contributed by atoms with E-state index < -0.39 is 21.5 Å². The average molecular weight is 408 g/mol. The molecule has 0 saturated carbocycles. The van der Waals surface area contributed by atoms with Crippen molar-refractivity contribution in [1.82, 2.24) is 4.90 Å². The number of likely N-dealkylation sites (tertiary alicyclic amines) is 1. The molecule has 1 aliphatic rings. The van der Waals surface area contributed by atoms with E-state index in [0.717, 1.165) is 62.9 Å². The first-order chi connectivity index (χ1) is 13.3. The Morgan fingerprint density at radius 3 is 2.21 bits per heavy atom. The molecule has 0 amide bonds. The number of halogens is 2. The number of aryl methyl sites for hydroxylation is 1. The fourth-order valence-corrected chi connectivity index (χ4v) is 5.22. The molecule has 1 fully saturated rings. The van der Waals surface area contributed by atoms with Gasteiger partial charge in [-0.15, -0.1) is 0 Å². The van der Waals surface area contributed by atoms with Gasteiger partial charge in [0.15, 0.2) is 0 Å². The lowest BCUT2D eigenvalue weighted by molar-refractivity contribution is 0.219. The fraction of sp³-hybridized carbons (Fsp3) is 0.455. The molecule has 0 atom stereocenters. The van der Waals surface area contributed by atoms with Crippen LogP contribution in [0.15, 0.2) is 46.2 Å². The maximum Gasteiger partial charge on any atom is 0.206 e. The zero-order valence-corrected chi connectivity index (χ0v) is 17.2. The van der Waals surface area contributed by atoms with Gasteiger partial charge in [0.05, 0.1) is 9.79 Å². The van der Waals surface area contributed by atoms with Gasteiger partial charge in [-0.2, -0.15) is 0 Å². The predicted octanol–water partition coefficient (Wildman–Crippen LogP) is 4.63.